The van der Waals surface area contributed by atoms with Crippen molar-refractivity contribution in [1.29, 1.82) is 0 Å². The van der Waals surface area contributed by atoms with Gasteiger partial charge in [-0.15, -0.1) is 12.4 Å². The Bertz CT molecular complexity index is 932. The van der Waals surface area contributed by atoms with Gasteiger partial charge in [-0.05, 0) is 23.3 Å². The molecule has 0 aliphatic carbocycles. The number of aromatic nitrogens is 2. The summed E-state index contributed by atoms with van der Waals surface area (Å²) in [6, 6.07) is 16.6. The van der Waals surface area contributed by atoms with Crippen LogP contribution in [0.2, 0.25) is 0 Å². The van der Waals surface area contributed by atoms with Gasteiger partial charge in [0, 0.05) is 45.6 Å². The summed E-state index contributed by atoms with van der Waals surface area (Å²) in [6.45, 7) is 4.21. The van der Waals surface area contributed by atoms with E-state index in [4.69, 9.17) is 9.47 Å². The first kappa shape index (κ1) is 22.2. The van der Waals surface area contributed by atoms with E-state index < -0.39 is 0 Å². The molecule has 0 amide bonds. The Kier molecular flexibility index (Phi) is 7.74. The molecule has 1 aliphatic heterocycles. The Morgan fingerprint density at radius 1 is 1.10 bits per heavy atom. The molecule has 0 bridgehead atoms. The molecule has 0 saturated carbocycles. The Labute approximate surface area is 184 Å². The quantitative estimate of drug-likeness (QED) is 0.623. The number of nitrogens with one attached hydrogen (secondary N) is 1. The fraction of sp³-hybridized carbons (Fsp3) is 0.348. The van der Waals surface area contributed by atoms with Gasteiger partial charge in [-0.3, -0.25) is 4.90 Å². The zero-order valence-corrected chi connectivity index (χ0v) is 18.3. The molecule has 2 aromatic carbocycles. The first-order valence-electron chi connectivity index (χ1n) is 10.00. The molecule has 1 unspecified atom stereocenters. The number of ether oxygens (including phenoxy) is 2. The van der Waals surface area contributed by atoms with Crippen molar-refractivity contribution in [3.8, 4) is 11.5 Å². The van der Waals surface area contributed by atoms with Crippen LogP contribution in [-0.2, 0) is 20.2 Å². The lowest BCUT2D eigenvalue weighted by molar-refractivity contribution is 0.144. The van der Waals surface area contributed by atoms with Gasteiger partial charge in [0.1, 0.15) is 12.4 Å². The van der Waals surface area contributed by atoms with Crippen LogP contribution in [0.15, 0.2) is 60.9 Å². The third kappa shape index (κ3) is 5.14. The minimum atomic E-state index is 0. The van der Waals surface area contributed by atoms with E-state index in [-0.39, 0.29) is 18.4 Å². The summed E-state index contributed by atoms with van der Waals surface area (Å²) in [5, 5.41) is 3.49. The average Bonchev–Trinajstić information content (AvgIpc) is 3.19. The molecule has 6 nitrogen and oxygen atoms in total. The SMILES string of the molecule is COc1ccc(CN2CCNCC2c2nccn2C)cc1OCc1ccccc1.Cl. The van der Waals surface area contributed by atoms with Crippen LogP contribution in [0.4, 0.5) is 0 Å². The summed E-state index contributed by atoms with van der Waals surface area (Å²) >= 11 is 0. The number of benzene rings is 2. The normalized spacial score (nSPS) is 16.7. The molecular formula is C23H29ClN4O2. The second-order valence-corrected chi connectivity index (χ2v) is 7.35. The maximum Gasteiger partial charge on any atom is 0.161 e. The van der Waals surface area contributed by atoms with Gasteiger partial charge in [0.05, 0.1) is 13.2 Å². The predicted octanol–water partition coefficient (Wildman–Crippen LogP) is 3.58. The lowest BCUT2D eigenvalue weighted by Gasteiger charge is -2.35. The average molecular weight is 429 g/mol. The number of imidazole rings is 1. The Morgan fingerprint density at radius 3 is 2.67 bits per heavy atom. The van der Waals surface area contributed by atoms with E-state index in [9.17, 15) is 0 Å². The van der Waals surface area contributed by atoms with E-state index in [1.54, 1.807) is 7.11 Å². The maximum absolute atomic E-state index is 6.09. The molecule has 7 heteroatoms. The van der Waals surface area contributed by atoms with E-state index in [1.165, 1.54) is 5.56 Å². The lowest BCUT2D eigenvalue weighted by Crippen LogP contribution is -2.46. The number of methoxy groups -OCH3 is 1. The fourth-order valence-electron chi connectivity index (χ4n) is 3.79. The molecule has 0 radical (unpaired) electrons. The van der Waals surface area contributed by atoms with E-state index in [0.717, 1.165) is 49.1 Å². The van der Waals surface area contributed by atoms with Crippen LogP contribution in [0.1, 0.15) is 23.0 Å². The van der Waals surface area contributed by atoms with Crippen molar-refractivity contribution < 1.29 is 9.47 Å². The van der Waals surface area contributed by atoms with Crippen LogP contribution in [0.3, 0.4) is 0 Å². The van der Waals surface area contributed by atoms with Gasteiger partial charge in [0.25, 0.3) is 0 Å². The summed E-state index contributed by atoms with van der Waals surface area (Å²) in [7, 11) is 3.73. The molecule has 160 valence electrons. The molecule has 30 heavy (non-hydrogen) atoms. The molecular weight excluding hydrogens is 400 g/mol. The Hall–Kier alpha value is -2.54. The van der Waals surface area contributed by atoms with Crippen LogP contribution in [0, 0.1) is 0 Å². The molecule has 3 aromatic rings. The zero-order chi connectivity index (χ0) is 20.1. The number of hydrogen-bond acceptors (Lipinski definition) is 5. The monoisotopic (exact) mass is 428 g/mol. The number of nitrogens with zero attached hydrogens (tertiary/aromatic N) is 3. The third-order valence-corrected chi connectivity index (χ3v) is 5.36. The molecule has 1 fully saturated rings. The van der Waals surface area contributed by atoms with Crippen molar-refractivity contribution in [1.82, 2.24) is 19.8 Å². The Morgan fingerprint density at radius 2 is 1.93 bits per heavy atom. The molecule has 1 aliphatic rings. The van der Waals surface area contributed by atoms with Crippen molar-refractivity contribution >= 4 is 12.4 Å². The first-order valence-corrected chi connectivity index (χ1v) is 10.00. The van der Waals surface area contributed by atoms with Crippen LogP contribution in [0.5, 0.6) is 11.5 Å². The van der Waals surface area contributed by atoms with Gasteiger partial charge < -0.3 is 19.4 Å². The van der Waals surface area contributed by atoms with Crippen molar-refractivity contribution in [2.75, 3.05) is 26.7 Å². The van der Waals surface area contributed by atoms with Crippen LogP contribution < -0.4 is 14.8 Å². The summed E-state index contributed by atoms with van der Waals surface area (Å²) in [6.07, 6.45) is 3.87. The highest BCUT2D eigenvalue weighted by atomic mass is 35.5. The van der Waals surface area contributed by atoms with Crippen molar-refractivity contribution in [2.45, 2.75) is 19.2 Å². The summed E-state index contributed by atoms with van der Waals surface area (Å²) in [5.74, 6) is 2.62. The summed E-state index contributed by atoms with van der Waals surface area (Å²) in [5.41, 5.74) is 2.34. The number of piperazine rings is 1. The number of halogens is 1. The minimum absolute atomic E-state index is 0. The second-order valence-electron chi connectivity index (χ2n) is 7.35. The fourth-order valence-corrected chi connectivity index (χ4v) is 3.79. The van der Waals surface area contributed by atoms with Gasteiger partial charge >= 0.3 is 0 Å². The van der Waals surface area contributed by atoms with E-state index in [2.05, 4.69) is 51.1 Å². The van der Waals surface area contributed by atoms with E-state index >= 15 is 0 Å². The van der Waals surface area contributed by atoms with Crippen molar-refractivity contribution in [2.24, 2.45) is 7.05 Å². The lowest BCUT2D eigenvalue weighted by atomic mass is 10.1. The van der Waals surface area contributed by atoms with Crippen LogP contribution in [0.25, 0.3) is 0 Å². The van der Waals surface area contributed by atoms with Gasteiger partial charge in [-0.1, -0.05) is 36.4 Å². The number of aryl methyl sites for hydroxylation is 1. The van der Waals surface area contributed by atoms with E-state index in [0.29, 0.717) is 6.61 Å². The predicted molar refractivity (Wildman–Crippen MR) is 120 cm³/mol. The molecule has 4 rings (SSSR count). The second kappa shape index (κ2) is 10.5. The highest BCUT2D eigenvalue weighted by Gasteiger charge is 2.27. The summed E-state index contributed by atoms with van der Waals surface area (Å²) < 4.78 is 13.7. The van der Waals surface area contributed by atoms with Crippen LogP contribution in [-0.4, -0.2) is 41.2 Å². The largest absolute Gasteiger partial charge is 0.493 e. The van der Waals surface area contributed by atoms with Crippen molar-refractivity contribution in [3.05, 3.63) is 77.9 Å². The van der Waals surface area contributed by atoms with Gasteiger partial charge in [0.15, 0.2) is 11.5 Å². The minimum Gasteiger partial charge on any atom is -0.493 e. The van der Waals surface area contributed by atoms with Gasteiger partial charge in [0.2, 0.25) is 0 Å². The summed E-state index contributed by atoms with van der Waals surface area (Å²) in [4.78, 5) is 7.05. The third-order valence-electron chi connectivity index (χ3n) is 5.36. The van der Waals surface area contributed by atoms with Gasteiger partial charge in [-0.25, -0.2) is 4.98 Å². The highest BCUT2D eigenvalue weighted by Crippen LogP contribution is 2.31. The first-order chi connectivity index (χ1) is 14.2. The topological polar surface area (TPSA) is 51.5 Å². The zero-order valence-electron chi connectivity index (χ0n) is 17.5. The van der Waals surface area contributed by atoms with E-state index in [1.807, 2.05) is 36.7 Å². The van der Waals surface area contributed by atoms with Crippen LogP contribution >= 0.6 is 12.4 Å². The molecule has 0 spiro atoms. The molecule has 1 saturated heterocycles. The number of rotatable bonds is 7. The van der Waals surface area contributed by atoms with Gasteiger partial charge in [-0.2, -0.15) is 0 Å². The smallest absolute Gasteiger partial charge is 0.161 e. The van der Waals surface area contributed by atoms with Crippen molar-refractivity contribution in [3.63, 3.8) is 0 Å². The molecule has 1 aromatic heterocycles. The Balaban J connectivity index is 0.00000256. The number of hydrogen-bond donors (Lipinski definition) is 1. The molecule has 1 atom stereocenters. The molecule has 1 N–H and O–H groups in total. The molecule has 2 heterocycles. The highest BCUT2D eigenvalue weighted by molar-refractivity contribution is 5.85. The maximum atomic E-state index is 6.09. The standard InChI is InChI=1S/C23H28N4O2.ClH/c1-26-12-11-25-23(26)20-15-24-10-13-27(20)16-19-8-9-21(28-2)22(14-19)29-17-18-6-4-3-5-7-18;/h3-9,11-12,14,20,24H,10,13,15-17H2,1-2H3;1H.